The van der Waals surface area contributed by atoms with Gasteiger partial charge in [0.25, 0.3) is 0 Å². The Morgan fingerprint density at radius 2 is 1.86 bits per heavy atom. The largest absolute Gasteiger partial charge is 0.326 e. The van der Waals surface area contributed by atoms with Crippen LogP contribution in [0.3, 0.4) is 0 Å². The van der Waals surface area contributed by atoms with Crippen molar-refractivity contribution >= 4 is 44.9 Å². The maximum absolute atomic E-state index is 12.2. The van der Waals surface area contributed by atoms with Crippen LogP contribution in [-0.2, 0) is 4.79 Å². The Bertz CT molecular complexity index is 1090. The highest BCUT2D eigenvalue weighted by Crippen LogP contribution is 2.38. The number of carbonyl (C=O) groups excluding carboxylic acids is 1. The molecule has 140 valence electrons. The van der Waals surface area contributed by atoms with Crippen molar-refractivity contribution in [1.29, 1.82) is 0 Å². The predicted octanol–water partition coefficient (Wildman–Crippen LogP) is 5.79. The van der Waals surface area contributed by atoms with Gasteiger partial charge in [-0.2, -0.15) is 0 Å². The van der Waals surface area contributed by atoms with E-state index in [1.165, 1.54) is 5.56 Å². The molecule has 0 spiro atoms. The lowest BCUT2D eigenvalue weighted by molar-refractivity contribution is -0.115. The van der Waals surface area contributed by atoms with E-state index >= 15 is 0 Å². The summed E-state index contributed by atoms with van der Waals surface area (Å²) < 4.78 is 0. The van der Waals surface area contributed by atoms with Crippen LogP contribution in [0.2, 0.25) is 0 Å². The number of para-hydroxylation sites is 1. The average molecular weight is 406 g/mol. The van der Waals surface area contributed by atoms with Crippen molar-refractivity contribution in [2.45, 2.75) is 18.4 Å². The van der Waals surface area contributed by atoms with Crippen molar-refractivity contribution in [3.05, 3.63) is 71.9 Å². The lowest BCUT2D eigenvalue weighted by atomic mass is 10.1. The number of thiophene rings is 1. The molecular formula is C22H19N3OS2. The van der Waals surface area contributed by atoms with Crippen LogP contribution in [0, 0.1) is 6.92 Å². The Kier molecular flexibility index (Phi) is 5.69. The molecule has 4 nitrogen and oxygen atoms in total. The zero-order chi connectivity index (χ0) is 19.3. The number of hydrogen-bond donors (Lipinski definition) is 1. The summed E-state index contributed by atoms with van der Waals surface area (Å²) in [6, 6.07) is 18.0. The molecule has 0 aliphatic rings. The van der Waals surface area contributed by atoms with Gasteiger partial charge in [0.15, 0.2) is 0 Å². The number of fused-ring (bicyclic) bond motifs is 1. The van der Waals surface area contributed by atoms with Crippen molar-refractivity contribution in [1.82, 2.24) is 9.97 Å². The van der Waals surface area contributed by atoms with Gasteiger partial charge in [0.1, 0.15) is 16.2 Å². The summed E-state index contributed by atoms with van der Waals surface area (Å²) in [4.78, 5) is 22.1. The molecule has 2 aromatic heterocycles. The van der Waals surface area contributed by atoms with Gasteiger partial charge in [-0.1, -0.05) is 48.0 Å². The topological polar surface area (TPSA) is 54.9 Å². The lowest BCUT2D eigenvalue weighted by Gasteiger charge is -2.07. The zero-order valence-corrected chi connectivity index (χ0v) is 17.0. The van der Waals surface area contributed by atoms with Crippen molar-refractivity contribution in [2.75, 3.05) is 11.1 Å². The number of rotatable bonds is 6. The molecule has 0 unspecified atom stereocenters. The fraction of sp³-hybridized carbons (Fsp3) is 0.136. The molecule has 0 saturated heterocycles. The molecule has 1 amide bonds. The first-order chi connectivity index (χ1) is 13.7. The highest BCUT2D eigenvalue weighted by molar-refractivity contribution is 7.99. The minimum absolute atomic E-state index is 0.00748. The van der Waals surface area contributed by atoms with Crippen LogP contribution in [0.4, 0.5) is 5.69 Å². The second-order valence-corrected chi connectivity index (χ2v) is 8.33. The number of aryl methyl sites for hydroxylation is 1. The second-order valence-electron chi connectivity index (χ2n) is 6.39. The van der Waals surface area contributed by atoms with Crippen LogP contribution in [0.5, 0.6) is 0 Å². The quantitative estimate of drug-likeness (QED) is 0.326. The van der Waals surface area contributed by atoms with Crippen LogP contribution < -0.4 is 5.32 Å². The molecule has 0 fully saturated rings. The molecule has 0 atom stereocenters. The Labute approximate surface area is 172 Å². The summed E-state index contributed by atoms with van der Waals surface area (Å²) >= 11 is 3.23. The number of amides is 1. The summed E-state index contributed by atoms with van der Waals surface area (Å²) in [5.41, 5.74) is 4.37. The number of carbonyl (C=O) groups is 1. The van der Waals surface area contributed by atoms with E-state index in [0.717, 1.165) is 32.1 Å². The van der Waals surface area contributed by atoms with Gasteiger partial charge in [0, 0.05) is 28.8 Å². The second kappa shape index (κ2) is 8.54. The number of hydrogen-bond acceptors (Lipinski definition) is 5. The number of nitrogens with one attached hydrogen (secondary N) is 1. The number of thioether (sulfide) groups is 1. The van der Waals surface area contributed by atoms with E-state index < -0.39 is 0 Å². The maximum Gasteiger partial charge on any atom is 0.225 e. The van der Waals surface area contributed by atoms with E-state index in [2.05, 4.69) is 51.9 Å². The summed E-state index contributed by atoms with van der Waals surface area (Å²) in [7, 11) is 0. The maximum atomic E-state index is 12.2. The van der Waals surface area contributed by atoms with Gasteiger partial charge in [-0.25, -0.2) is 9.97 Å². The van der Waals surface area contributed by atoms with E-state index in [4.69, 9.17) is 0 Å². The summed E-state index contributed by atoms with van der Waals surface area (Å²) in [5.74, 6) is 0.668. The lowest BCUT2D eigenvalue weighted by Crippen LogP contribution is -2.12. The molecule has 0 aliphatic carbocycles. The third kappa shape index (κ3) is 4.24. The van der Waals surface area contributed by atoms with Gasteiger partial charge >= 0.3 is 0 Å². The minimum atomic E-state index is 0.00748. The molecule has 4 aromatic rings. The molecule has 4 rings (SSSR count). The number of aromatic nitrogens is 2. The smallest absolute Gasteiger partial charge is 0.225 e. The summed E-state index contributed by atoms with van der Waals surface area (Å²) in [6.45, 7) is 2.08. The SMILES string of the molecule is Cc1ccc(-c2csc3ncnc(SCCC(=O)Nc4ccccc4)c23)cc1. The molecule has 0 saturated carbocycles. The number of nitrogens with zero attached hydrogens (tertiary/aromatic N) is 2. The van der Waals surface area contributed by atoms with E-state index in [1.807, 2.05) is 30.3 Å². The summed E-state index contributed by atoms with van der Waals surface area (Å²) in [6.07, 6.45) is 2.03. The fourth-order valence-electron chi connectivity index (χ4n) is 2.89. The molecule has 0 radical (unpaired) electrons. The first-order valence-electron chi connectivity index (χ1n) is 8.97. The molecular weight excluding hydrogens is 386 g/mol. The Hall–Kier alpha value is -2.70. The van der Waals surface area contributed by atoms with Gasteiger partial charge in [-0.3, -0.25) is 4.79 Å². The minimum Gasteiger partial charge on any atom is -0.326 e. The summed E-state index contributed by atoms with van der Waals surface area (Å²) in [5, 5.41) is 7.05. The van der Waals surface area contributed by atoms with E-state index in [0.29, 0.717) is 12.2 Å². The molecule has 2 aromatic carbocycles. The van der Waals surface area contributed by atoms with Crippen molar-refractivity contribution < 1.29 is 4.79 Å². The highest BCUT2D eigenvalue weighted by atomic mass is 32.2. The molecule has 0 aliphatic heterocycles. The molecule has 2 heterocycles. The van der Waals surface area contributed by atoms with Crippen LogP contribution in [0.1, 0.15) is 12.0 Å². The van der Waals surface area contributed by atoms with Gasteiger partial charge in [-0.05, 0) is 24.6 Å². The first-order valence-corrected chi connectivity index (χ1v) is 10.8. The van der Waals surface area contributed by atoms with Gasteiger partial charge in [0.2, 0.25) is 5.91 Å². The molecule has 28 heavy (non-hydrogen) atoms. The van der Waals surface area contributed by atoms with Gasteiger partial charge in [-0.15, -0.1) is 23.1 Å². The third-order valence-corrected chi connectivity index (χ3v) is 6.20. The van der Waals surface area contributed by atoms with E-state index in [-0.39, 0.29) is 5.91 Å². The number of anilines is 1. The van der Waals surface area contributed by atoms with Crippen LogP contribution >= 0.6 is 23.1 Å². The van der Waals surface area contributed by atoms with Gasteiger partial charge in [0.05, 0.1) is 5.39 Å². The number of benzene rings is 2. The van der Waals surface area contributed by atoms with Crippen LogP contribution in [-0.4, -0.2) is 21.6 Å². The molecule has 6 heteroatoms. The van der Waals surface area contributed by atoms with Crippen molar-refractivity contribution in [3.63, 3.8) is 0 Å². The molecule has 0 bridgehead atoms. The Morgan fingerprint density at radius 1 is 1.07 bits per heavy atom. The molecule has 1 N–H and O–H groups in total. The van der Waals surface area contributed by atoms with Gasteiger partial charge < -0.3 is 5.32 Å². The predicted molar refractivity (Wildman–Crippen MR) is 118 cm³/mol. The van der Waals surface area contributed by atoms with Crippen molar-refractivity contribution in [3.8, 4) is 11.1 Å². The normalized spacial score (nSPS) is 10.9. The van der Waals surface area contributed by atoms with E-state index in [9.17, 15) is 4.79 Å². The third-order valence-electron chi connectivity index (χ3n) is 4.32. The van der Waals surface area contributed by atoms with Crippen molar-refractivity contribution in [2.24, 2.45) is 0 Å². The average Bonchev–Trinajstić information content (AvgIpc) is 3.14. The Balaban J connectivity index is 1.49. The Morgan fingerprint density at radius 3 is 2.64 bits per heavy atom. The zero-order valence-electron chi connectivity index (χ0n) is 15.4. The monoisotopic (exact) mass is 405 g/mol. The fourth-order valence-corrected chi connectivity index (χ4v) is 4.82. The first kappa shape index (κ1) is 18.7. The van der Waals surface area contributed by atoms with Crippen LogP contribution in [0.25, 0.3) is 21.3 Å². The van der Waals surface area contributed by atoms with Crippen LogP contribution in [0.15, 0.2) is 71.3 Å². The standard InChI is InChI=1S/C22H19N3OS2/c1-15-7-9-16(10-8-15)18-13-28-22-20(18)21(23-14-24-22)27-12-11-19(26)25-17-5-3-2-4-6-17/h2-10,13-14H,11-12H2,1H3,(H,25,26). The highest BCUT2D eigenvalue weighted by Gasteiger charge is 2.14. The van der Waals surface area contributed by atoms with E-state index in [1.54, 1.807) is 29.4 Å².